The van der Waals surface area contributed by atoms with Crippen molar-refractivity contribution >= 4 is 11.6 Å². The standard InChI is InChI=1S/C18H18FNO2/c1-11-9-15-16(10-12(11)2)18(22)20(17(15)7-8-21)14-5-3-13(19)4-6-14/h3-6,9-10,17,21H,7-8H2,1-2H3. The SMILES string of the molecule is Cc1cc2c(cc1C)C(CCO)N(c1ccc(F)cc1)C2=O. The summed E-state index contributed by atoms with van der Waals surface area (Å²) in [5.41, 5.74) is 4.44. The molecule has 22 heavy (non-hydrogen) atoms. The van der Waals surface area contributed by atoms with Crippen LogP contribution in [0, 0.1) is 19.7 Å². The van der Waals surface area contributed by atoms with E-state index in [0.717, 1.165) is 16.7 Å². The molecule has 0 spiro atoms. The first-order chi connectivity index (χ1) is 10.5. The predicted molar refractivity (Wildman–Crippen MR) is 83.6 cm³/mol. The van der Waals surface area contributed by atoms with E-state index in [1.807, 2.05) is 26.0 Å². The van der Waals surface area contributed by atoms with Gasteiger partial charge in [0.15, 0.2) is 0 Å². The van der Waals surface area contributed by atoms with E-state index in [2.05, 4.69) is 0 Å². The summed E-state index contributed by atoms with van der Waals surface area (Å²) in [5, 5.41) is 9.37. The molecule has 0 fully saturated rings. The normalized spacial score (nSPS) is 17.0. The average molecular weight is 299 g/mol. The second-order valence-corrected chi connectivity index (χ2v) is 5.70. The van der Waals surface area contributed by atoms with Gasteiger partial charge < -0.3 is 10.0 Å². The highest BCUT2D eigenvalue weighted by Crippen LogP contribution is 2.40. The maximum atomic E-state index is 13.1. The molecule has 0 aromatic heterocycles. The maximum absolute atomic E-state index is 13.1. The second-order valence-electron chi connectivity index (χ2n) is 5.70. The number of amides is 1. The lowest BCUT2D eigenvalue weighted by molar-refractivity contribution is 0.0988. The van der Waals surface area contributed by atoms with Crippen molar-refractivity contribution in [3.8, 4) is 0 Å². The molecule has 1 aliphatic heterocycles. The molecule has 1 unspecified atom stereocenters. The quantitative estimate of drug-likeness (QED) is 0.942. The monoisotopic (exact) mass is 299 g/mol. The van der Waals surface area contributed by atoms with Crippen LogP contribution >= 0.6 is 0 Å². The van der Waals surface area contributed by atoms with Crippen molar-refractivity contribution in [2.45, 2.75) is 26.3 Å². The summed E-state index contributed by atoms with van der Waals surface area (Å²) < 4.78 is 13.1. The Hall–Kier alpha value is -2.20. The zero-order chi connectivity index (χ0) is 15.9. The van der Waals surface area contributed by atoms with Gasteiger partial charge in [0.05, 0.1) is 6.04 Å². The summed E-state index contributed by atoms with van der Waals surface area (Å²) in [6.07, 6.45) is 0.457. The smallest absolute Gasteiger partial charge is 0.259 e. The number of rotatable bonds is 3. The fourth-order valence-electron chi connectivity index (χ4n) is 3.02. The highest BCUT2D eigenvalue weighted by atomic mass is 19.1. The fraction of sp³-hybridized carbons (Fsp3) is 0.278. The molecule has 2 aromatic carbocycles. The van der Waals surface area contributed by atoms with E-state index in [1.54, 1.807) is 17.0 Å². The van der Waals surface area contributed by atoms with Gasteiger partial charge in [-0.25, -0.2) is 4.39 Å². The molecule has 1 heterocycles. The second kappa shape index (κ2) is 5.54. The zero-order valence-electron chi connectivity index (χ0n) is 12.6. The van der Waals surface area contributed by atoms with Gasteiger partial charge >= 0.3 is 0 Å². The third-order valence-electron chi connectivity index (χ3n) is 4.29. The molecule has 3 nitrogen and oxygen atoms in total. The van der Waals surface area contributed by atoms with Crippen molar-refractivity contribution in [1.29, 1.82) is 0 Å². The molecular weight excluding hydrogens is 281 g/mol. The highest BCUT2D eigenvalue weighted by molar-refractivity contribution is 6.11. The molecule has 0 aliphatic carbocycles. The zero-order valence-corrected chi connectivity index (χ0v) is 12.6. The van der Waals surface area contributed by atoms with Crippen LogP contribution in [0.15, 0.2) is 36.4 Å². The molecule has 114 valence electrons. The number of aliphatic hydroxyl groups excluding tert-OH is 1. The third kappa shape index (κ3) is 2.29. The molecular formula is C18H18FNO2. The number of benzene rings is 2. The molecule has 1 amide bonds. The summed E-state index contributed by atoms with van der Waals surface area (Å²) in [4.78, 5) is 14.4. The van der Waals surface area contributed by atoms with Gasteiger partial charge in [-0.15, -0.1) is 0 Å². The van der Waals surface area contributed by atoms with Crippen molar-refractivity contribution < 1.29 is 14.3 Å². The van der Waals surface area contributed by atoms with Crippen LogP contribution in [0.4, 0.5) is 10.1 Å². The number of carbonyl (C=O) groups is 1. The van der Waals surface area contributed by atoms with E-state index >= 15 is 0 Å². The maximum Gasteiger partial charge on any atom is 0.259 e. The molecule has 0 radical (unpaired) electrons. The number of aryl methyl sites for hydroxylation is 2. The lowest BCUT2D eigenvalue weighted by Crippen LogP contribution is -2.28. The molecule has 1 aliphatic rings. The number of fused-ring (bicyclic) bond motifs is 1. The molecule has 0 bridgehead atoms. The number of carbonyl (C=O) groups excluding carboxylic acids is 1. The van der Waals surface area contributed by atoms with Crippen LogP contribution in [0.2, 0.25) is 0 Å². The molecule has 4 heteroatoms. The summed E-state index contributed by atoms with van der Waals surface area (Å²) >= 11 is 0. The van der Waals surface area contributed by atoms with Crippen LogP contribution in [-0.2, 0) is 0 Å². The van der Waals surface area contributed by atoms with Crippen molar-refractivity contribution in [2.75, 3.05) is 11.5 Å². The van der Waals surface area contributed by atoms with Crippen LogP contribution in [0.25, 0.3) is 0 Å². The fourth-order valence-corrected chi connectivity index (χ4v) is 3.02. The summed E-state index contributed by atoms with van der Waals surface area (Å²) in [7, 11) is 0. The van der Waals surface area contributed by atoms with Gasteiger partial charge in [0.25, 0.3) is 5.91 Å². The minimum absolute atomic E-state index is 0.0119. The predicted octanol–water partition coefficient (Wildman–Crippen LogP) is 3.53. The Morgan fingerprint density at radius 1 is 1.14 bits per heavy atom. The van der Waals surface area contributed by atoms with Crippen LogP contribution in [-0.4, -0.2) is 17.6 Å². The van der Waals surface area contributed by atoms with Gasteiger partial charge in [-0.3, -0.25) is 4.79 Å². The largest absolute Gasteiger partial charge is 0.396 e. The molecule has 1 N–H and O–H groups in total. The molecule has 1 atom stereocenters. The van der Waals surface area contributed by atoms with E-state index in [-0.39, 0.29) is 24.4 Å². The van der Waals surface area contributed by atoms with Gasteiger partial charge in [0, 0.05) is 17.9 Å². The molecule has 0 saturated carbocycles. The number of hydrogen-bond donors (Lipinski definition) is 1. The third-order valence-corrected chi connectivity index (χ3v) is 4.29. The van der Waals surface area contributed by atoms with Crippen molar-refractivity contribution in [1.82, 2.24) is 0 Å². The number of hydrogen-bond acceptors (Lipinski definition) is 2. The molecule has 0 saturated heterocycles. The average Bonchev–Trinajstić information content (AvgIpc) is 2.74. The van der Waals surface area contributed by atoms with E-state index in [0.29, 0.717) is 17.7 Å². The minimum Gasteiger partial charge on any atom is -0.396 e. The Balaban J connectivity index is 2.11. The Labute approximate surface area is 129 Å². The van der Waals surface area contributed by atoms with Crippen LogP contribution < -0.4 is 4.90 Å². The van der Waals surface area contributed by atoms with Gasteiger partial charge in [0.1, 0.15) is 5.82 Å². The minimum atomic E-state index is -0.335. The summed E-state index contributed by atoms with van der Waals surface area (Å²) in [5.74, 6) is -0.429. The lowest BCUT2D eigenvalue weighted by Gasteiger charge is -2.25. The van der Waals surface area contributed by atoms with Crippen molar-refractivity contribution in [3.63, 3.8) is 0 Å². The number of halogens is 1. The van der Waals surface area contributed by atoms with Crippen LogP contribution in [0.5, 0.6) is 0 Å². The van der Waals surface area contributed by atoms with Crippen LogP contribution in [0.1, 0.15) is 39.5 Å². The first kappa shape index (κ1) is 14.7. The van der Waals surface area contributed by atoms with Gasteiger partial charge in [-0.1, -0.05) is 6.07 Å². The van der Waals surface area contributed by atoms with E-state index < -0.39 is 0 Å². The first-order valence-electron chi connectivity index (χ1n) is 7.34. The Morgan fingerprint density at radius 3 is 2.41 bits per heavy atom. The van der Waals surface area contributed by atoms with Gasteiger partial charge in [-0.2, -0.15) is 0 Å². The van der Waals surface area contributed by atoms with E-state index in [9.17, 15) is 14.3 Å². The molecule has 3 rings (SSSR count). The topological polar surface area (TPSA) is 40.5 Å². The summed E-state index contributed by atoms with van der Waals surface area (Å²) in [6.45, 7) is 3.98. The Kier molecular flexibility index (Phi) is 3.71. The van der Waals surface area contributed by atoms with Crippen molar-refractivity contribution in [3.05, 3.63) is 64.5 Å². The van der Waals surface area contributed by atoms with E-state index in [4.69, 9.17) is 0 Å². The number of anilines is 1. The summed E-state index contributed by atoms with van der Waals surface area (Å²) in [6, 6.07) is 9.60. The van der Waals surface area contributed by atoms with Crippen molar-refractivity contribution in [2.24, 2.45) is 0 Å². The molecule has 2 aromatic rings. The first-order valence-corrected chi connectivity index (χ1v) is 7.34. The number of aliphatic hydroxyl groups is 1. The van der Waals surface area contributed by atoms with Crippen LogP contribution in [0.3, 0.4) is 0 Å². The highest BCUT2D eigenvalue weighted by Gasteiger charge is 2.37. The van der Waals surface area contributed by atoms with E-state index in [1.165, 1.54) is 12.1 Å². The number of nitrogens with zero attached hydrogens (tertiary/aromatic N) is 1. The van der Waals surface area contributed by atoms with Gasteiger partial charge in [-0.05, 0) is 67.3 Å². The van der Waals surface area contributed by atoms with Gasteiger partial charge in [0.2, 0.25) is 0 Å². The Bertz CT molecular complexity index is 725. The Morgan fingerprint density at radius 2 is 1.77 bits per heavy atom. The lowest BCUT2D eigenvalue weighted by atomic mass is 9.97.